The molecule has 0 aliphatic carbocycles. The number of hydrogen-bond donors (Lipinski definition) is 0. The number of rotatable bonds is 5. The Labute approximate surface area is 185 Å². The number of carbonyl (C=O) groups excluding carboxylic acids is 1. The van der Waals surface area contributed by atoms with Gasteiger partial charge in [0.25, 0.3) is 0 Å². The normalized spacial score (nSPS) is 20.4. The number of morpholine rings is 1. The van der Waals surface area contributed by atoms with E-state index in [1.165, 1.54) is 26.8 Å². The van der Waals surface area contributed by atoms with Crippen LogP contribution in [0.1, 0.15) is 22.3 Å². The van der Waals surface area contributed by atoms with Gasteiger partial charge in [-0.05, 0) is 19.9 Å². The van der Waals surface area contributed by atoms with Crippen molar-refractivity contribution in [2.24, 2.45) is 0 Å². The van der Waals surface area contributed by atoms with Gasteiger partial charge in [0.05, 0.1) is 24.6 Å². The molecule has 31 heavy (non-hydrogen) atoms. The summed E-state index contributed by atoms with van der Waals surface area (Å²) in [5.41, 5.74) is 1.26. The summed E-state index contributed by atoms with van der Waals surface area (Å²) in [6.45, 7) is 4.99. The van der Waals surface area contributed by atoms with Crippen molar-refractivity contribution in [1.29, 1.82) is 0 Å². The lowest BCUT2D eigenvalue weighted by Crippen LogP contribution is -2.41. The average molecular weight is 469 g/mol. The van der Waals surface area contributed by atoms with Gasteiger partial charge in [-0.3, -0.25) is 9.48 Å². The predicted molar refractivity (Wildman–Crippen MR) is 115 cm³/mol. The fraction of sp³-hybridized carbons (Fsp3) is 0.500. The van der Waals surface area contributed by atoms with Gasteiger partial charge < -0.3 is 9.64 Å². The van der Waals surface area contributed by atoms with Crippen LogP contribution in [0.3, 0.4) is 0 Å². The Hall–Kier alpha value is -1.95. The molecule has 2 aliphatic rings. The number of halogens is 1. The molecule has 11 heteroatoms. The second-order valence-electron chi connectivity index (χ2n) is 7.51. The minimum absolute atomic E-state index is 0.100. The highest BCUT2D eigenvalue weighted by molar-refractivity contribution is 7.99. The first kappa shape index (κ1) is 22.3. The van der Waals surface area contributed by atoms with Crippen LogP contribution in [0.5, 0.6) is 0 Å². The Balaban J connectivity index is 1.57. The van der Waals surface area contributed by atoms with Crippen molar-refractivity contribution in [3.8, 4) is 0 Å². The fourth-order valence-corrected chi connectivity index (χ4v) is 7.08. The van der Waals surface area contributed by atoms with Gasteiger partial charge in [0.1, 0.15) is 22.6 Å². The van der Waals surface area contributed by atoms with E-state index >= 15 is 0 Å². The summed E-state index contributed by atoms with van der Waals surface area (Å²) in [5, 5.41) is 3.95. The topological polar surface area (TPSA) is 84.7 Å². The maximum atomic E-state index is 14.3. The van der Waals surface area contributed by atoms with Crippen LogP contribution < -0.4 is 0 Å². The van der Waals surface area contributed by atoms with Crippen molar-refractivity contribution in [2.75, 3.05) is 38.6 Å². The lowest BCUT2D eigenvalue weighted by atomic mass is 10.2. The van der Waals surface area contributed by atoms with E-state index in [0.717, 1.165) is 0 Å². The number of aryl methyl sites for hydroxylation is 1. The molecule has 1 unspecified atom stereocenters. The molecule has 4 rings (SSSR count). The third-order valence-electron chi connectivity index (χ3n) is 5.55. The molecule has 0 bridgehead atoms. The molecule has 0 N–H and O–H groups in total. The average Bonchev–Trinajstić information content (AvgIpc) is 3.34. The van der Waals surface area contributed by atoms with Gasteiger partial charge in [-0.2, -0.15) is 9.40 Å². The number of sulfonamides is 1. The number of carbonyl (C=O) groups is 1. The van der Waals surface area contributed by atoms with Crippen LogP contribution in [0.2, 0.25) is 0 Å². The monoisotopic (exact) mass is 468 g/mol. The molecule has 8 nitrogen and oxygen atoms in total. The van der Waals surface area contributed by atoms with Crippen molar-refractivity contribution in [2.45, 2.75) is 30.7 Å². The highest BCUT2D eigenvalue weighted by Crippen LogP contribution is 2.39. The number of hydrogen-bond acceptors (Lipinski definition) is 6. The summed E-state index contributed by atoms with van der Waals surface area (Å²) in [6.07, 6.45) is 0. The summed E-state index contributed by atoms with van der Waals surface area (Å²) < 4.78 is 48.6. The predicted octanol–water partition coefficient (Wildman–Crippen LogP) is 1.93. The molecule has 2 saturated heterocycles. The highest BCUT2D eigenvalue weighted by Gasteiger charge is 2.35. The second kappa shape index (κ2) is 8.89. The smallest absolute Gasteiger partial charge is 0.246 e. The number of benzene rings is 1. The van der Waals surface area contributed by atoms with Crippen LogP contribution in [0.25, 0.3) is 0 Å². The second-order valence-corrected chi connectivity index (χ2v) is 10.6. The van der Waals surface area contributed by atoms with Crippen molar-refractivity contribution in [3.05, 3.63) is 47.0 Å². The molecule has 2 fully saturated rings. The van der Waals surface area contributed by atoms with Crippen LogP contribution >= 0.6 is 11.8 Å². The SMILES string of the molecule is Cc1nn(CC(=O)N2CCSC2c2ccccc2F)c(C)c1S(=O)(=O)N1CCOCC1. The van der Waals surface area contributed by atoms with Crippen LogP contribution in [0.4, 0.5) is 4.39 Å². The molecule has 1 amide bonds. The number of thioether (sulfide) groups is 1. The molecular formula is C20H25FN4O4S2. The Morgan fingerprint density at radius 2 is 1.94 bits per heavy atom. The first-order chi connectivity index (χ1) is 14.8. The highest BCUT2D eigenvalue weighted by atomic mass is 32.2. The summed E-state index contributed by atoms with van der Waals surface area (Å²) in [7, 11) is -3.73. The minimum Gasteiger partial charge on any atom is -0.379 e. The van der Waals surface area contributed by atoms with Gasteiger partial charge in [-0.25, -0.2) is 12.8 Å². The number of nitrogens with zero attached hydrogens (tertiary/aromatic N) is 4. The van der Waals surface area contributed by atoms with E-state index in [4.69, 9.17) is 4.74 Å². The van der Waals surface area contributed by atoms with E-state index in [2.05, 4.69) is 5.10 Å². The summed E-state index contributed by atoms with van der Waals surface area (Å²) in [5.74, 6) is 0.141. The molecule has 168 valence electrons. The van der Waals surface area contributed by atoms with E-state index in [9.17, 15) is 17.6 Å². The minimum atomic E-state index is -3.73. The molecule has 1 atom stereocenters. The van der Waals surface area contributed by atoms with Crippen molar-refractivity contribution >= 4 is 27.7 Å². The third kappa shape index (κ3) is 4.23. The van der Waals surface area contributed by atoms with Gasteiger partial charge in [0.15, 0.2) is 0 Å². The largest absolute Gasteiger partial charge is 0.379 e. The standard InChI is InChI=1S/C20H25FN4O4S2/c1-14-19(31(27,28)23-7-10-29-11-8-23)15(2)25(22-14)13-18(26)24-9-12-30-20(24)16-5-3-4-6-17(16)21/h3-6,20H,7-13H2,1-2H3. The van der Waals surface area contributed by atoms with E-state index in [0.29, 0.717) is 55.6 Å². The van der Waals surface area contributed by atoms with E-state index in [-0.39, 0.29) is 23.2 Å². The molecule has 2 aliphatic heterocycles. The third-order valence-corrected chi connectivity index (χ3v) is 8.94. The zero-order valence-corrected chi connectivity index (χ0v) is 19.1. The lowest BCUT2D eigenvalue weighted by Gasteiger charge is -2.26. The zero-order valence-electron chi connectivity index (χ0n) is 17.5. The molecule has 3 heterocycles. The number of aromatic nitrogens is 2. The first-order valence-electron chi connectivity index (χ1n) is 10.1. The molecule has 1 aromatic carbocycles. The summed E-state index contributed by atoms with van der Waals surface area (Å²) in [6, 6.07) is 6.45. The first-order valence-corrected chi connectivity index (χ1v) is 12.6. The molecule has 0 spiro atoms. The van der Waals surface area contributed by atoms with Gasteiger partial charge in [0, 0.05) is 31.0 Å². The maximum Gasteiger partial charge on any atom is 0.246 e. The van der Waals surface area contributed by atoms with Gasteiger partial charge in [0.2, 0.25) is 15.9 Å². The summed E-state index contributed by atoms with van der Waals surface area (Å²) >= 11 is 1.51. The maximum absolute atomic E-state index is 14.3. The Bertz CT molecular complexity index is 1080. The Kier molecular flexibility index (Phi) is 6.38. The molecule has 1 aromatic heterocycles. The molecular weight excluding hydrogens is 443 g/mol. The van der Waals surface area contributed by atoms with Crippen molar-refractivity contribution in [3.63, 3.8) is 0 Å². The van der Waals surface area contributed by atoms with Gasteiger partial charge in [-0.1, -0.05) is 18.2 Å². The van der Waals surface area contributed by atoms with E-state index in [1.54, 1.807) is 36.9 Å². The fourth-order valence-electron chi connectivity index (χ4n) is 4.00. The van der Waals surface area contributed by atoms with E-state index in [1.807, 2.05) is 0 Å². The van der Waals surface area contributed by atoms with Crippen LogP contribution in [-0.2, 0) is 26.1 Å². The lowest BCUT2D eigenvalue weighted by molar-refractivity contribution is -0.132. The molecule has 2 aromatic rings. The van der Waals surface area contributed by atoms with E-state index < -0.39 is 15.4 Å². The zero-order chi connectivity index (χ0) is 22.2. The van der Waals surface area contributed by atoms with Crippen molar-refractivity contribution < 1.29 is 22.3 Å². The van der Waals surface area contributed by atoms with Crippen molar-refractivity contribution in [1.82, 2.24) is 19.0 Å². The molecule has 0 saturated carbocycles. The number of amides is 1. The number of ether oxygens (including phenoxy) is 1. The van der Waals surface area contributed by atoms with Crippen LogP contribution in [0.15, 0.2) is 29.2 Å². The Morgan fingerprint density at radius 1 is 1.23 bits per heavy atom. The van der Waals surface area contributed by atoms with Gasteiger partial charge >= 0.3 is 0 Å². The summed E-state index contributed by atoms with van der Waals surface area (Å²) in [4.78, 5) is 14.9. The van der Waals surface area contributed by atoms with Crippen LogP contribution in [0, 0.1) is 19.7 Å². The van der Waals surface area contributed by atoms with Crippen LogP contribution in [-0.4, -0.2) is 71.9 Å². The Morgan fingerprint density at radius 3 is 2.65 bits per heavy atom. The quantitative estimate of drug-likeness (QED) is 0.667. The molecule has 0 radical (unpaired) electrons. The van der Waals surface area contributed by atoms with Gasteiger partial charge in [-0.15, -0.1) is 11.8 Å².